The highest BCUT2D eigenvalue weighted by Gasteiger charge is 2.21. The summed E-state index contributed by atoms with van der Waals surface area (Å²) in [5.74, 6) is 2.68. The Kier molecular flexibility index (Phi) is 5.21. The second-order valence-corrected chi connectivity index (χ2v) is 5.75. The van der Waals surface area contributed by atoms with Gasteiger partial charge in [-0.05, 0) is 32.0 Å². The normalized spacial score (nSPS) is 12.7. The molecule has 5 nitrogen and oxygen atoms in total. The first-order valence-electron chi connectivity index (χ1n) is 5.88. The van der Waals surface area contributed by atoms with Gasteiger partial charge in [0, 0.05) is 18.2 Å². The van der Waals surface area contributed by atoms with Crippen molar-refractivity contribution in [3.63, 3.8) is 0 Å². The molecular formula is C13H18N2O3S. The zero-order chi connectivity index (χ0) is 14.5. The quantitative estimate of drug-likeness (QED) is 0.609. The summed E-state index contributed by atoms with van der Waals surface area (Å²) in [4.78, 5) is 0.0261. The molecule has 1 aromatic rings. The number of nitrogens with two attached hydrogens (primary N) is 1. The van der Waals surface area contributed by atoms with Gasteiger partial charge in [0.1, 0.15) is 10.6 Å². The number of hydrogen-bond donors (Lipinski definition) is 2. The molecule has 0 fully saturated rings. The summed E-state index contributed by atoms with van der Waals surface area (Å²) >= 11 is 0. The van der Waals surface area contributed by atoms with Crippen LogP contribution in [0.3, 0.4) is 0 Å². The molecule has 0 aliphatic rings. The molecule has 3 N–H and O–H groups in total. The molecule has 0 spiro atoms. The van der Waals surface area contributed by atoms with Crippen molar-refractivity contribution >= 4 is 15.7 Å². The Balaban J connectivity index is 3.13. The Hall–Kier alpha value is -1.71. The Morgan fingerprint density at radius 3 is 2.79 bits per heavy atom. The van der Waals surface area contributed by atoms with Crippen molar-refractivity contribution in [2.45, 2.75) is 31.2 Å². The fourth-order valence-corrected chi connectivity index (χ4v) is 2.98. The van der Waals surface area contributed by atoms with E-state index in [1.165, 1.54) is 6.07 Å². The summed E-state index contributed by atoms with van der Waals surface area (Å²) in [7, 11) is -3.71. The minimum absolute atomic E-state index is 0.0261. The standard InChI is InChI=1S/C13H18N2O3S/c1-4-6-10(3)15-19(16,17)13-9-11(14)7-8-12(13)18-5-2/h1,7-10,15H,5-6,14H2,2-3H3. The number of terminal acetylenes is 1. The lowest BCUT2D eigenvalue weighted by Crippen LogP contribution is -2.32. The summed E-state index contributed by atoms with van der Waals surface area (Å²) in [6.07, 6.45) is 5.47. The molecule has 0 amide bonds. The van der Waals surface area contributed by atoms with E-state index in [2.05, 4.69) is 10.6 Å². The summed E-state index contributed by atoms with van der Waals surface area (Å²) < 4.78 is 32.3. The minimum Gasteiger partial charge on any atom is -0.492 e. The van der Waals surface area contributed by atoms with Crippen LogP contribution in [0.5, 0.6) is 5.75 Å². The van der Waals surface area contributed by atoms with Crippen LogP contribution in [0.2, 0.25) is 0 Å². The molecule has 0 bridgehead atoms. The van der Waals surface area contributed by atoms with E-state index >= 15 is 0 Å². The lowest BCUT2D eigenvalue weighted by atomic mass is 10.3. The second kappa shape index (κ2) is 6.45. The first-order valence-corrected chi connectivity index (χ1v) is 7.37. The van der Waals surface area contributed by atoms with Crippen LogP contribution in [0.25, 0.3) is 0 Å². The van der Waals surface area contributed by atoms with Crippen LogP contribution < -0.4 is 15.2 Å². The monoisotopic (exact) mass is 282 g/mol. The first-order chi connectivity index (χ1) is 8.90. The number of sulfonamides is 1. The number of anilines is 1. The summed E-state index contributed by atoms with van der Waals surface area (Å²) in [5.41, 5.74) is 5.98. The van der Waals surface area contributed by atoms with Crippen molar-refractivity contribution in [3.05, 3.63) is 18.2 Å². The molecule has 0 radical (unpaired) electrons. The SMILES string of the molecule is C#CCC(C)NS(=O)(=O)c1cc(N)ccc1OCC. The van der Waals surface area contributed by atoms with Gasteiger partial charge >= 0.3 is 0 Å². The Morgan fingerprint density at radius 2 is 2.21 bits per heavy atom. The van der Waals surface area contributed by atoms with E-state index in [1.807, 2.05) is 0 Å². The highest BCUT2D eigenvalue weighted by Crippen LogP contribution is 2.26. The lowest BCUT2D eigenvalue weighted by Gasteiger charge is -2.15. The van der Waals surface area contributed by atoms with Crippen LogP contribution in [0.1, 0.15) is 20.3 Å². The van der Waals surface area contributed by atoms with Gasteiger partial charge in [0.25, 0.3) is 0 Å². The molecule has 6 heteroatoms. The Bertz CT molecular complexity index is 576. The summed E-state index contributed by atoms with van der Waals surface area (Å²) in [6.45, 7) is 3.84. The second-order valence-electron chi connectivity index (χ2n) is 4.07. The molecule has 0 heterocycles. The van der Waals surface area contributed by atoms with Crippen LogP contribution in [0.15, 0.2) is 23.1 Å². The maximum absolute atomic E-state index is 12.3. The van der Waals surface area contributed by atoms with Gasteiger partial charge in [-0.3, -0.25) is 0 Å². The van der Waals surface area contributed by atoms with Gasteiger partial charge in [0.05, 0.1) is 6.61 Å². The van der Waals surface area contributed by atoms with Gasteiger partial charge in [0.2, 0.25) is 10.0 Å². The average Bonchev–Trinajstić information content (AvgIpc) is 2.31. The first kappa shape index (κ1) is 15.3. The van der Waals surface area contributed by atoms with Crippen LogP contribution in [0.4, 0.5) is 5.69 Å². The predicted molar refractivity (Wildman–Crippen MR) is 75.3 cm³/mol. The number of benzene rings is 1. The van der Waals surface area contributed by atoms with E-state index in [0.29, 0.717) is 18.7 Å². The number of ether oxygens (including phenoxy) is 1. The van der Waals surface area contributed by atoms with E-state index in [0.717, 1.165) is 0 Å². The third kappa shape index (κ3) is 4.16. The van der Waals surface area contributed by atoms with Crippen molar-refractivity contribution in [2.75, 3.05) is 12.3 Å². The van der Waals surface area contributed by atoms with Crippen LogP contribution in [0, 0.1) is 12.3 Å². The molecule has 0 saturated carbocycles. The zero-order valence-corrected chi connectivity index (χ0v) is 11.8. The molecule has 104 valence electrons. The molecule has 0 saturated heterocycles. The maximum Gasteiger partial charge on any atom is 0.244 e. The number of nitrogens with one attached hydrogen (secondary N) is 1. The van der Waals surface area contributed by atoms with E-state index < -0.39 is 10.0 Å². The third-order valence-electron chi connectivity index (χ3n) is 2.34. The molecule has 1 atom stereocenters. The van der Waals surface area contributed by atoms with Crippen molar-refractivity contribution in [1.82, 2.24) is 4.72 Å². The summed E-state index contributed by atoms with van der Waals surface area (Å²) in [5, 5.41) is 0. The lowest BCUT2D eigenvalue weighted by molar-refractivity contribution is 0.331. The van der Waals surface area contributed by atoms with E-state index in [1.54, 1.807) is 26.0 Å². The molecular weight excluding hydrogens is 264 g/mol. The van der Waals surface area contributed by atoms with Gasteiger partial charge in [-0.1, -0.05) is 0 Å². The summed E-state index contributed by atoms with van der Waals surface area (Å²) in [6, 6.07) is 4.15. The van der Waals surface area contributed by atoms with Crippen LogP contribution in [-0.4, -0.2) is 21.1 Å². The van der Waals surface area contributed by atoms with E-state index in [9.17, 15) is 8.42 Å². The maximum atomic E-state index is 12.3. The van der Waals surface area contributed by atoms with Crippen LogP contribution >= 0.6 is 0 Å². The molecule has 0 aliphatic carbocycles. The van der Waals surface area contributed by atoms with Gasteiger partial charge in [-0.15, -0.1) is 12.3 Å². The zero-order valence-electron chi connectivity index (χ0n) is 11.0. The highest BCUT2D eigenvalue weighted by atomic mass is 32.2. The van der Waals surface area contributed by atoms with Crippen molar-refractivity contribution in [2.24, 2.45) is 0 Å². The predicted octanol–water partition coefficient (Wildman–Crippen LogP) is 1.36. The van der Waals surface area contributed by atoms with Crippen molar-refractivity contribution in [3.8, 4) is 18.1 Å². The molecule has 1 aromatic carbocycles. The smallest absolute Gasteiger partial charge is 0.244 e. The third-order valence-corrected chi connectivity index (χ3v) is 3.95. The fourth-order valence-electron chi connectivity index (χ4n) is 1.56. The van der Waals surface area contributed by atoms with Crippen LogP contribution in [-0.2, 0) is 10.0 Å². The Labute approximate surface area is 114 Å². The van der Waals surface area contributed by atoms with Gasteiger partial charge in [-0.25, -0.2) is 13.1 Å². The average molecular weight is 282 g/mol. The van der Waals surface area contributed by atoms with Crippen molar-refractivity contribution in [1.29, 1.82) is 0 Å². The topological polar surface area (TPSA) is 81.4 Å². The Morgan fingerprint density at radius 1 is 1.53 bits per heavy atom. The van der Waals surface area contributed by atoms with E-state index in [-0.39, 0.29) is 16.7 Å². The van der Waals surface area contributed by atoms with Gasteiger partial charge in [0.15, 0.2) is 0 Å². The molecule has 1 unspecified atom stereocenters. The number of rotatable bonds is 6. The molecule has 0 aliphatic heterocycles. The van der Waals surface area contributed by atoms with Crippen molar-refractivity contribution < 1.29 is 13.2 Å². The fraction of sp³-hybridized carbons (Fsp3) is 0.385. The highest BCUT2D eigenvalue weighted by molar-refractivity contribution is 7.89. The number of nitrogen functional groups attached to an aromatic ring is 1. The number of hydrogen-bond acceptors (Lipinski definition) is 4. The van der Waals surface area contributed by atoms with Gasteiger partial charge < -0.3 is 10.5 Å². The molecule has 19 heavy (non-hydrogen) atoms. The van der Waals surface area contributed by atoms with E-state index in [4.69, 9.17) is 16.9 Å². The molecule has 0 aromatic heterocycles. The minimum atomic E-state index is -3.71. The van der Waals surface area contributed by atoms with Gasteiger partial charge in [-0.2, -0.15) is 0 Å². The molecule has 1 rings (SSSR count). The largest absolute Gasteiger partial charge is 0.492 e.